The Labute approximate surface area is 127 Å². The highest BCUT2D eigenvalue weighted by Gasteiger charge is 2.21. The summed E-state index contributed by atoms with van der Waals surface area (Å²) in [5, 5.41) is 3.02. The van der Waals surface area contributed by atoms with Gasteiger partial charge in [0, 0.05) is 0 Å². The third-order valence-electron chi connectivity index (χ3n) is 3.63. The number of nitrogens with one attached hydrogen (secondary N) is 1. The van der Waals surface area contributed by atoms with Crippen molar-refractivity contribution in [2.75, 3.05) is 5.32 Å². The number of aliphatic imine (C=N–C) groups is 1. The van der Waals surface area contributed by atoms with E-state index in [9.17, 15) is 0 Å². The number of hydrogen-bond donors (Lipinski definition) is 2. The number of fused-ring (bicyclic) bond motifs is 3. The van der Waals surface area contributed by atoms with Gasteiger partial charge in [0.1, 0.15) is 0 Å². The van der Waals surface area contributed by atoms with Gasteiger partial charge in [-0.05, 0) is 23.8 Å². The van der Waals surface area contributed by atoms with Crippen LogP contribution in [0.4, 0.5) is 5.95 Å². The van der Waals surface area contributed by atoms with Gasteiger partial charge in [-0.3, -0.25) is 9.88 Å². The number of anilines is 1. The van der Waals surface area contributed by atoms with Crippen LogP contribution in [0.1, 0.15) is 11.7 Å². The minimum atomic E-state index is -0.205. The zero-order valence-corrected chi connectivity index (χ0v) is 11.8. The van der Waals surface area contributed by atoms with Crippen molar-refractivity contribution in [1.29, 1.82) is 0 Å². The van der Waals surface area contributed by atoms with Gasteiger partial charge in [-0.2, -0.15) is 0 Å². The van der Waals surface area contributed by atoms with Gasteiger partial charge in [-0.15, -0.1) is 0 Å². The second kappa shape index (κ2) is 5.04. The first kappa shape index (κ1) is 12.6. The highest BCUT2D eigenvalue weighted by Crippen LogP contribution is 2.28. The first-order valence-corrected chi connectivity index (χ1v) is 7.12. The summed E-state index contributed by atoms with van der Waals surface area (Å²) in [7, 11) is 0. The van der Waals surface area contributed by atoms with Crippen molar-refractivity contribution in [3.8, 4) is 0 Å². The molecule has 5 heteroatoms. The van der Waals surface area contributed by atoms with Crippen molar-refractivity contribution in [2.24, 2.45) is 10.7 Å². The van der Waals surface area contributed by atoms with Crippen LogP contribution in [0.25, 0.3) is 17.1 Å². The van der Waals surface area contributed by atoms with Crippen LogP contribution in [0.5, 0.6) is 0 Å². The number of para-hydroxylation sites is 2. The fourth-order valence-corrected chi connectivity index (χ4v) is 2.64. The molecule has 0 unspecified atom stereocenters. The Balaban J connectivity index is 1.79. The second-order valence-corrected chi connectivity index (χ2v) is 5.12. The van der Waals surface area contributed by atoms with Crippen molar-refractivity contribution in [1.82, 2.24) is 9.55 Å². The molecule has 0 spiro atoms. The molecule has 1 aliphatic rings. The molecular formula is C17H15N5. The molecular weight excluding hydrogens is 274 g/mol. The number of nitrogens with zero attached hydrogens (tertiary/aromatic N) is 3. The zero-order valence-electron chi connectivity index (χ0n) is 11.8. The molecule has 2 heterocycles. The summed E-state index contributed by atoms with van der Waals surface area (Å²) < 4.78 is 2.05. The van der Waals surface area contributed by atoms with Crippen LogP contribution >= 0.6 is 0 Å². The molecule has 0 bridgehead atoms. The predicted molar refractivity (Wildman–Crippen MR) is 89.5 cm³/mol. The number of aromatic nitrogens is 2. The van der Waals surface area contributed by atoms with Crippen LogP contribution < -0.4 is 11.1 Å². The molecule has 0 saturated heterocycles. The third kappa shape index (κ3) is 2.13. The molecule has 0 aliphatic carbocycles. The fraction of sp³-hybridized carbons (Fsp3) is 0.0588. The molecule has 22 heavy (non-hydrogen) atoms. The van der Waals surface area contributed by atoms with Gasteiger partial charge in [0.05, 0.1) is 11.0 Å². The summed E-state index contributed by atoms with van der Waals surface area (Å²) in [6.45, 7) is 0. The Kier molecular flexibility index (Phi) is 2.89. The van der Waals surface area contributed by atoms with Crippen LogP contribution in [0.3, 0.4) is 0 Å². The summed E-state index contributed by atoms with van der Waals surface area (Å²) in [5.74, 6) is 1.10. The van der Waals surface area contributed by atoms with E-state index in [0.29, 0.717) is 5.96 Å². The van der Waals surface area contributed by atoms with E-state index in [2.05, 4.69) is 27.4 Å². The van der Waals surface area contributed by atoms with E-state index in [1.54, 1.807) is 0 Å². The topological polar surface area (TPSA) is 68.2 Å². The van der Waals surface area contributed by atoms with Crippen LogP contribution in [0.15, 0.2) is 65.7 Å². The maximum atomic E-state index is 5.88. The lowest BCUT2D eigenvalue weighted by Crippen LogP contribution is -2.30. The van der Waals surface area contributed by atoms with Crippen molar-refractivity contribution in [3.63, 3.8) is 0 Å². The number of benzene rings is 2. The summed E-state index contributed by atoms with van der Waals surface area (Å²) in [6, 6.07) is 18.1. The fourth-order valence-electron chi connectivity index (χ4n) is 2.64. The molecule has 3 N–H and O–H groups in total. The molecule has 0 amide bonds. The minimum Gasteiger partial charge on any atom is -0.370 e. The number of imidazole rings is 1. The second-order valence-electron chi connectivity index (χ2n) is 5.12. The first-order valence-electron chi connectivity index (χ1n) is 7.12. The molecule has 1 atom stereocenters. The average molecular weight is 289 g/mol. The molecule has 0 saturated carbocycles. The van der Waals surface area contributed by atoms with E-state index in [-0.39, 0.29) is 6.17 Å². The van der Waals surface area contributed by atoms with Gasteiger partial charge < -0.3 is 5.73 Å². The van der Waals surface area contributed by atoms with E-state index in [0.717, 1.165) is 22.5 Å². The van der Waals surface area contributed by atoms with E-state index in [4.69, 9.17) is 5.73 Å². The Morgan fingerprint density at radius 3 is 2.68 bits per heavy atom. The molecule has 108 valence electrons. The number of hydrogen-bond acceptors (Lipinski definition) is 4. The largest absolute Gasteiger partial charge is 0.370 e. The lowest BCUT2D eigenvalue weighted by Gasteiger charge is -2.21. The highest BCUT2D eigenvalue weighted by molar-refractivity contribution is 5.94. The Bertz CT molecular complexity index is 876. The van der Waals surface area contributed by atoms with Crippen molar-refractivity contribution < 1.29 is 0 Å². The smallest absolute Gasteiger partial charge is 0.212 e. The Morgan fingerprint density at radius 2 is 1.82 bits per heavy atom. The summed E-state index contributed by atoms with van der Waals surface area (Å²) in [5.41, 5.74) is 8.96. The number of rotatable bonds is 2. The van der Waals surface area contributed by atoms with Gasteiger partial charge in [0.25, 0.3) is 0 Å². The first-order chi connectivity index (χ1) is 10.8. The maximum Gasteiger partial charge on any atom is 0.212 e. The quantitative estimate of drug-likeness (QED) is 0.762. The lowest BCUT2D eigenvalue weighted by atomic mass is 10.2. The molecule has 1 aromatic heterocycles. The molecule has 4 rings (SSSR count). The van der Waals surface area contributed by atoms with Crippen molar-refractivity contribution in [3.05, 3.63) is 66.2 Å². The normalized spacial score (nSPS) is 17.3. The summed E-state index contributed by atoms with van der Waals surface area (Å²) >= 11 is 0. The van der Waals surface area contributed by atoms with Gasteiger partial charge in [-0.1, -0.05) is 48.5 Å². The Hall–Kier alpha value is -3.08. The average Bonchev–Trinajstić information content (AvgIpc) is 2.91. The van der Waals surface area contributed by atoms with Crippen molar-refractivity contribution in [2.45, 2.75) is 6.17 Å². The van der Waals surface area contributed by atoms with E-state index >= 15 is 0 Å². The van der Waals surface area contributed by atoms with Gasteiger partial charge >= 0.3 is 0 Å². The molecule has 5 nitrogen and oxygen atoms in total. The predicted octanol–water partition coefficient (Wildman–Crippen LogP) is 2.99. The monoisotopic (exact) mass is 289 g/mol. The van der Waals surface area contributed by atoms with Gasteiger partial charge in [-0.25, -0.2) is 9.98 Å². The van der Waals surface area contributed by atoms with E-state index in [1.807, 2.05) is 59.2 Å². The van der Waals surface area contributed by atoms with Crippen molar-refractivity contribution >= 4 is 29.0 Å². The number of nitrogens with two attached hydrogens (primary N) is 1. The van der Waals surface area contributed by atoms with Crippen LogP contribution in [0.2, 0.25) is 0 Å². The van der Waals surface area contributed by atoms with E-state index in [1.165, 1.54) is 0 Å². The number of guanidine groups is 1. The van der Waals surface area contributed by atoms with Gasteiger partial charge in [0.2, 0.25) is 5.95 Å². The molecule has 2 aromatic carbocycles. The van der Waals surface area contributed by atoms with Gasteiger partial charge in [0.15, 0.2) is 12.1 Å². The molecule has 0 radical (unpaired) electrons. The van der Waals surface area contributed by atoms with Crippen LogP contribution in [-0.4, -0.2) is 15.5 Å². The lowest BCUT2D eigenvalue weighted by molar-refractivity contribution is 0.650. The molecule has 0 fully saturated rings. The zero-order chi connectivity index (χ0) is 14.9. The van der Waals surface area contributed by atoms with Crippen LogP contribution in [0, 0.1) is 0 Å². The molecule has 1 aliphatic heterocycles. The maximum absolute atomic E-state index is 5.88. The van der Waals surface area contributed by atoms with Crippen LogP contribution in [-0.2, 0) is 0 Å². The third-order valence-corrected chi connectivity index (χ3v) is 3.63. The highest BCUT2D eigenvalue weighted by atomic mass is 15.4. The summed E-state index contributed by atoms with van der Waals surface area (Å²) in [6.07, 6.45) is 3.87. The molecule has 3 aromatic rings. The standard InChI is InChI=1S/C17H15N5/c18-16-20-15(11-10-12-6-2-1-3-7-12)22-14-9-5-4-8-13(14)19-17(22)21-16/h1-11,15H,(H3,18,19,20,21)/b11-10-/t15-/m0/s1. The summed E-state index contributed by atoms with van der Waals surface area (Å²) in [4.78, 5) is 9.05. The minimum absolute atomic E-state index is 0.205. The SMILES string of the molecule is NC1=N[C@H](/C=C\c2ccccc2)n2c(nc3ccccc32)N1. The Morgan fingerprint density at radius 1 is 1.05 bits per heavy atom. The van der Waals surface area contributed by atoms with E-state index < -0.39 is 0 Å².